The molecule has 0 heterocycles. The van der Waals surface area contributed by atoms with Crippen LogP contribution in [0.15, 0.2) is 18.2 Å². The molecule has 3 N–H and O–H groups in total. The highest BCUT2D eigenvalue weighted by Gasteiger charge is 2.15. The van der Waals surface area contributed by atoms with Gasteiger partial charge in [-0.1, -0.05) is 18.9 Å². The molecule has 0 unspecified atom stereocenters. The Kier molecular flexibility index (Phi) is 5.33. The molecule has 0 spiro atoms. The van der Waals surface area contributed by atoms with Crippen molar-refractivity contribution in [1.82, 2.24) is 5.32 Å². The number of rotatable bonds is 5. The van der Waals surface area contributed by atoms with Crippen LogP contribution >= 0.6 is 0 Å². The number of carbonyl (C=O) groups excluding carboxylic acids is 2. The van der Waals surface area contributed by atoms with Gasteiger partial charge in [-0.3, -0.25) is 9.59 Å². The van der Waals surface area contributed by atoms with Crippen LogP contribution in [-0.4, -0.2) is 24.4 Å². The van der Waals surface area contributed by atoms with Crippen molar-refractivity contribution < 1.29 is 9.59 Å². The van der Waals surface area contributed by atoms with Gasteiger partial charge in [0.15, 0.2) is 0 Å². The van der Waals surface area contributed by atoms with Gasteiger partial charge in [-0.15, -0.1) is 0 Å². The van der Waals surface area contributed by atoms with Crippen LogP contribution in [-0.2, 0) is 9.59 Å². The molecular weight excluding hydrogens is 266 g/mol. The SMILES string of the molecule is CC(=O)Nc1ccc(C)c(NC(=O)CNC2CCCC2)c1. The average molecular weight is 289 g/mol. The van der Waals surface area contributed by atoms with Gasteiger partial charge in [0.1, 0.15) is 0 Å². The lowest BCUT2D eigenvalue weighted by atomic mass is 10.1. The molecule has 0 atom stereocenters. The van der Waals surface area contributed by atoms with E-state index in [0.29, 0.717) is 18.3 Å². The highest BCUT2D eigenvalue weighted by Crippen LogP contribution is 2.20. The van der Waals surface area contributed by atoms with Crippen molar-refractivity contribution in [3.05, 3.63) is 23.8 Å². The van der Waals surface area contributed by atoms with Crippen LogP contribution in [0.3, 0.4) is 0 Å². The summed E-state index contributed by atoms with van der Waals surface area (Å²) in [7, 11) is 0. The Balaban J connectivity index is 1.90. The number of nitrogens with one attached hydrogen (secondary N) is 3. The largest absolute Gasteiger partial charge is 0.326 e. The van der Waals surface area contributed by atoms with Crippen LogP contribution in [0.4, 0.5) is 11.4 Å². The standard InChI is InChI=1S/C16H23N3O2/c1-11-7-8-14(18-12(2)20)9-15(11)19-16(21)10-17-13-5-3-4-6-13/h7-9,13,17H,3-6,10H2,1-2H3,(H,18,20)(H,19,21). The van der Waals surface area contributed by atoms with Crippen LogP contribution in [0.25, 0.3) is 0 Å². The fourth-order valence-electron chi connectivity index (χ4n) is 2.60. The van der Waals surface area contributed by atoms with E-state index in [9.17, 15) is 9.59 Å². The van der Waals surface area contributed by atoms with Crippen LogP contribution in [0, 0.1) is 6.92 Å². The number of amides is 2. The molecule has 5 nitrogen and oxygen atoms in total. The van der Waals surface area contributed by atoms with E-state index in [4.69, 9.17) is 0 Å². The van der Waals surface area contributed by atoms with Gasteiger partial charge in [-0.2, -0.15) is 0 Å². The summed E-state index contributed by atoms with van der Waals surface area (Å²) in [5.41, 5.74) is 2.39. The van der Waals surface area contributed by atoms with E-state index in [0.717, 1.165) is 24.1 Å². The monoisotopic (exact) mass is 289 g/mol. The number of hydrogen-bond donors (Lipinski definition) is 3. The Hall–Kier alpha value is -1.88. The minimum atomic E-state index is -0.126. The lowest BCUT2D eigenvalue weighted by molar-refractivity contribution is -0.115. The molecule has 0 aliphatic heterocycles. The first-order valence-corrected chi connectivity index (χ1v) is 7.46. The third-order valence-corrected chi connectivity index (χ3v) is 3.74. The quantitative estimate of drug-likeness (QED) is 0.779. The van der Waals surface area contributed by atoms with Crippen molar-refractivity contribution >= 4 is 23.2 Å². The van der Waals surface area contributed by atoms with Gasteiger partial charge in [-0.25, -0.2) is 0 Å². The van der Waals surface area contributed by atoms with E-state index in [2.05, 4.69) is 16.0 Å². The van der Waals surface area contributed by atoms with Crippen molar-refractivity contribution in [2.45, 2.75) is 45.6 Å². The molecule has 1 aliphatic carbocycles. The van der Waals surface area contributed by atoms with E-state index >= 15 is 0 Å². The number of benzene rings is 1. The van der Waals surface area contributed by atoms with Crippen LogP contribution < -0.4 is 16.0 Å². The predicted molar refractivity (Wildman–Crippen MR) is 84.4 cm³/mol. The Bertz CT molecular complexity index is 522. The van der Waals surface area contributed by atoms with E-state index in [1.165, 1.54) is 19.8 Å². The van der Waals surface area contributed by atoms with Crippen LogP contribution in [0.2, 0.25) is 0 Å². The maximum Gasteiger partial charge on any atom is 0.238 e. The lowest BCUT2D eigenvalue weighted by Gasteiger charge is -2.14. The van der Waals surface area contributed by atoms with Gasteiger partial charge >= 0.3 is 0 Å². The number of hydrogen-bond acceptors (Lipinski definition) is 3. The highest BCUT2D eigenvalue weighted by molar-refractivity contribution is 5.95. The summed E-state index contributed by atoms with van der Waals surface area (Å²) >= 11 is 0. The summed E-state index contributed by atoms with van der Waals surface area (Å²) in [5, 5.41) is 8.90. The minimum absolute atomic E-state index is 0.0509. The molecule has 21 heavy (non-hydrogen) atoms. The van der Waals surface area contributed by atoms with Crippen molar-refractivity contribution in [1.29, 1.82) is 0 Å². The summed E-state index contributed by atoms with van der Waals surface area (Å²) in [5.74, 6) is -0.177. The van der Waals surface area contributed by atoms with E-state index in [1.54, 1.807) is 6.07 Å². The molecule has 1 aromatic rings. The van der Waals surface area contributed by atoms with E-state index in [-0.39, 0.29) is 11.8 Å². The first-order chi connectivity index (χ1) is 10.0. The second kappa shape index (κ2) is 7.22. The minimum Gasteiger partial charge on any atom is -0.326 e. The lowest BCUT2D eigenvalue weighted by Crippen LogP contribution is -2.34. The highest BCUT2D eigenvalue weighted by atomic mass is 16.2. The van der Waals surface area contributed by atoms with Crippen LogP contribution in [0.5, 0.6) is 0 Å². The molecule has 114 valence electrons. The van der Waals surface area contributed by atoms with Crippen molar-refractivity contribution in [3.8, 4) is 0 Å². The molecule has 0 radical (unpaired) electrons. The van der Waals surface area contributed by atoms with Crippen molar-refractivity contribution in [2.75, 3.05) is 17.2 Å². The molecule has 1 fully saturated rings. The molecule has 0 bridgehead atoms. The zero-order valence-corrected chi connectivity index (χ0v) is 12.7. The van der Waals surface area contributed by atoms with Crippen LogP contribution in [0.1, 0.15) is 38.2 Å². The average Bonchev–Trinajstić information content (AvgIpc) is 2.93. The maximum atomic E-state index is 12.0. The first-order valence-electron chi connectivity index (χ1n) is 7.46. The van der Waals surface area contributed by atoms with Crippen molar-refractivity contribution in [3.63, 3.8) is 0 Å². The number of aryl methyl sites for hydroxylation is 1. The molecule has 2 rings (SSSR count). The summed E-state index contributed by atoms with van der Waals surface area (Å²) in [6.45, 7) is 3.72. The molecule has 1 saturated carbocycles. The van der Waals surface area contributed by atoms with Crippen molar-refractivity contribution in [2.24, 2.45) is 0 Å². The molecule has 5 heteroatoms. The van der Waals surface area contributed by atoms with Gasteiger partial charge in [-0.05, 0) is 37.5 Å². The maximum absolute atomic E-state index is 12.0. The summed E-state index contributed by atoms with van der Waals surface area (Å²) in [4.78, 5) is 23.1. The smallest absolute Gasteiger partial charge is 0.238 e. The molecule has 2 amide bonds. The second-order valence-electron chi connectivity index (χ2n) is 5.62. The van der Waals surface area contributed by atoms with Gasteiger partial charge in [0.05, 0.1) is 6.54 Å². The summed E-state index contributed by atoms with van der Waals surface area (Å²) < 4.78 is 0. The van der Waals surface area contributed by atoms with E-state index < -0.39 is 0 Å². The molecular formula is C16H23N3O2. The molecule has 0 saturated heterocycles. The summed E-state index contributed by atoms with van der Waals surface area (Å²) in [6.07, 6.45) is 4.81. The Morgan fingerprint density at radius 3 is 2.57 bits per heavy atom. The van der Waals surface area contributed by atoms with Gasteiger partial charge in [0.25, 0.3) is 0 Å². The first kappa shape index (κ1) is 15.5. The fourth-order valence-corrected chi connectivity index (χ4v) is 2.60. The van der Waals surface area contributed by atoms with Gasteiger partial charge < -0.3 is 16.0 Å². The van der Waals surface area contributed by atoms with Gasteiger partial charge in [0, 0.05) is 24.3 Å². The third kappa shape index (κ3) is 4.86. The predicted octanol–water partition coefficient (Wildman–Crippen LogP) is 2.42. The zero-order chi connectivity index (χ0) is 15.2. The Labute approximate surface area is 125 Å². The molecule has 1 aromatic carbocycles. The fraction of sp³-hybridized carbons (Fsp3) is 0.500. The topological polar surface area (TPSA) is 70.2 Å². The Morgan fingerprint density at radius 2 is 1.90 bits per heavy atom. The molecule has 0 aromatic heterocycles. The second-order valence-corrected chi connectivity index (χ2v) is 5.62. The normalized spacial score (nSPS) is 15.0. The zero-order valence-electron chi connectivity index (χ0n) is 12.7. The third-order valence-electron chi connectivity index (χ3n) is 3.74. The molecule has 1 aliphatic rings. The number of anilines is 2. The summed E-state index contributed by atoms with van der Waals surface area (Å²) in [6, 6.07) is 5.96. The van der Waals surface area contributed by atoms with E-state index in [1.807, 2.05) is 19.1 Å². The Morgan fingerprint density at radius 1 is 1.19 bits per heavy atom. The van der Waals surface area contributed by atoms with Gasteiger partial charge in [0.2, 0.25) is 11.8 Å². The number of carbonyl (C=O) groups is 2.